The molecule has 3 rings (SSSR count). The molecular formula is C22H27FN2O4S. The number of nitrogens with zero attached hydrogens (tertiary/aromatic N) is 1. The number of para-hydroxylation sites is 1. The van der Waals surface area contributed by atoms with Crippen LogP contribution in [-0.4, -0.2) is 38.8 Å². The molecule has 6 nitrogen and oxygen atoms in total. The number of methoxy groups -OCH3 is 1. The molecule has 0 spiro atoms. The molecule has 1 aliphatic rings. The molecule has 1 heterocycles. The molecule has 1 aliphatic heterocycles. The highest BCUT2D eigenvalue weighted by Gasteiger charge is 2.31. The van der Waals surface area contributed by atoms with E-state index in [1.54, 1.807) is 7.11 Å². The first-order valence-electron chi connectivity index (χ1n) is 9.95. The Morgan fingerprint density at radius 2 is 1.80 bits per heavy atom. The summed E-state index contributed by atoms with van der Waals surface area (Å²) in [7, 11) is -1.92. The molecule has 0 radical (unpaired) electrons. The molecule has 8 heteroatoms. The van der Waals surface area contributed by atoms with Crippen LogP contribution in [0.15, 0.2) is 48.5 Å². The maximum atomic E-state index is 13.0. The first-order chi connectivity index (χ1) is 14.3. The normalized spacial score (nSPS) is 16.8. The van der Waals surface area contributed by atoms with E-state index >= 15 is 0 Å². The van der Waals surface area contributed by atoms with Crippen LogP contribution in [0.4, 0.5) is 4.39 Å². The maximum Gasteiger partial charge on any atom is 0.223 e. The predicted octanol–water partition coefficient (Wildman–Crippen LogP) is 3.25. The molecule has 0 saturated carbocycles. The van der Waals surface area contributed by atoms with Crippen LogP contribution in [0.25, 0.3) is 0 Å². The Labute approximate surface area is 177 Å². The summed E-state index contributed by atoms with van der Waals surface area (Å²) in [6, 6.07) is 12.8. The van der Waals surface area contributed by atoms with Crippen molar-refractivity contribution in [1.82, 2.24) is 9.62 Å². The van der Waals surface area contributed by atoms with Crippen LogP contribution < -0.4 is 10.1 Å². The van der Waals surface area contributed by atoms with E-state index in [4.69, 9.17) is 4.74 Å². The number of carbonyl (C=O) groups is 1. The van der Waals surface area contributed by atoms with E-state index in [0.29, 0.717) is 37.2 Å². The minimum Gasteiger partial charge on any atom is -0.496 e. The number of carbonyl (C=O) groups excluding carboxylic acids is 1. The van der Waals surface area contributed by atoms with Gasteiger partial charge in [0, 0.05) is 24.6 Å². The number of nitrogens with one attached hydrogen (secondary N) is 1. The lowest BCUT2D eigenvalue weighted by atomic mass is 9.96. The predicted molar refractivity (Wildman–Crippen MR) is 113 cm³/mol. The molecular weight excluding hydrogens is 407 g/mol. The summed E-state index contributed by atoms with van der Waals surface area (Å²) in [5.41, 5.74) is 1.44. The highest BCUT2D eigenvalue weighted by Crippen LogP contribution is 2.26. The van der Waals surface area contributed by atoms with Gasteiger partial charge < -0.3 is 10.1 Å². The second kappa shape index (κ2) is 9.57. The summed E-state index contributed by atoms with van der Waals surface area (Å²) in [6.45, 7) is 2.49. The number of amides is 1. The molecule has 0 bridgehead atoms. The Bertz CT molecular complexity index is 971. The van der Waals surface area contributed by atoms with E-state index in [-0.39, 0.29) is 23.6 Å². The van der Waals surface area contributed by atoms with Crippen LogP contribution in [0.5, 0.6) is 5.75 Å². The Kier molecular flexibility index (Phi) is 7.10. The molecule has 0 aliphatic carbocycles. The molecule has 1 fully saturated rings. The molecule has 1 amide bonds. The number of hydrogen-bond acceptors (Lipinski definition) is 4. The number of hydrogen-bond donors (Lipinski definition) is 1. The van der Waals surface area contributed by atoms with E-state index in [9.17, 15) is 17.6 Å². The van der Waals surface area contributed by atoms with Gasteiger partial charge in [0.2, 0.25) is 15.9 Å². The third-order valence-corrected chi connectivity index (χ3v) is 7.29. The van der Waals surface area contributed by atoms with Gasteiger partial charge in [-0.1, -0.05) is 30.3 Å². The van der Waals surface area contributed by atoms with Gasteiger partial charge >= 0.3 is 0 Å². The SMILES string of the molecule is COc1ccccc1[C@H](C)NC(=O)C1CCN(S(=O)(=O)Cc2ccc(F)cc2)CC1. The lowest BCUT2D eigenvalue weighted by Gasteiger charge is -2.31. The van der Waals surface area contributed by atoms with Crippen molar-refractivity contribution in [2.24, 2.45) is 5.92 Å². The number of piperidine rings is 1. The van der Waals surface area contributed by atoms with Gasteiger partial charge in [0.1, 0.15) is 11.6 Å². The zero-order valence-electron chi connectivity index (χ0n) is 17.2. The Balaban J connectivity index is 1.55. The van der Waals surface area contributed by atoms with Crippen molar-refractivity contribution in [3.05, 3.63) is 65.5 Å². The summed E-state index contributed by atoms with van der Waals surface area (Å²) in [4.78, 5) is 12.7. The van der Waals surface area contributed by atoms with Crippen LogP contribution in [0.1, 0.15) is 36.9 Å². The first kappa shape index (κ1) is 22.2. The van der Waals surface area contributed by atoms with E-state index in [2.05, 4.69) is 5.32 Å². The second-order valence-corrected chi connectivity index (χ2v) is 9.50. The molecule has 1 N–H and O–H groups in total. The van der Waals surface area contributed by atoms with Crippen molar-refractivity contribution in [3.8, 4) is 5.75 Å². The monoisotopic (exact) mass is 434 g/mol. The molecule has 0 aromatic heterocycles. The van der Waals surface area contributed by atoms with Gasteiger partial charge in [0.25, 0.3) is 0 Å². The minimum atomic E-state index is -3.51. The summed E-state index contributed by atoms with van der Waals surface area (Å²) in [5, 5.41) is 3.02. The van der Waals surface area contributed by atoms with Gasteiger partial charge in [-0.15, -0.1) is 0 Å². The Morgan fingerprint density at radius 1 is 1.17 bits per heavy atom. The zero-order chi connectivity index (χ0) is 21.7. The molecule has 1 saturated heterocycles. The van der Waals surface area contributed by atoms with Crippen molar-refractivity contribution < 1.29 is 22.3 Å². The molecule has 2 aromatic rings. The first-order valence-corrected chi connectivity index (χ1v) is 11.6. The van der Waals surface area contributed by atoms with Crippen LogP contribution in [0, 0.1) is 11.7 Å². The molecule has 1 atom stereocenters. The average molecular weight is 435 g/mol. The topological polar surface area (TPSA) is 75.7 Å². The lowest BCUT2D eigenvalue weighted by molar-refractivity contribution is -0.126. The van der Waals surface area contributed by atoms with Gasteiger partial charge in [-0.2, -0.15) is 0 Å². The smallest absolute Gasteiger partial charge is 0.223 e. The van der Waals surface area contributed by atoms with E-state index in [1.807, 2.05) is 31.2 Å². The Hall–Kier alpha value is -2.45. The zero-order valence-corrected chi connectivity index (χ0v) is 18.0. The van der Waals surface area contributed by atoms with Crippen molar-refractivity contribution in [2.45, 2.75) is 31.6 Å². The van der Waals surface area contributed by atoms with Crippen LogP contribution in [0.3, 0.4) is 0 Å². The quantitative estimate of drug-likeness (QED) is 0.726. The highest BCUT2D eigenvalue weighted by atomic mass is 32.2. The summed E-state index contributed by atoms with van der Waals surface area (Å²) < 4.78 is 45.1. The summed E-state index contributed by atoms with van der Waals surface area (Å²) in [6.07, 6.45) is 0.931. The van der Waals surface area contributed by atoms with Crippen LogP contribution in [-0.2, 0) is 20.6 Å². The summed E-state index contributed by atoms with van der Waals surface area (Å²) >= 11 is 0. The fourth-order valence-corrected chi connectivity index (χ4v) is 5.28. The van der Waals surface area contributed by atoms with Gasteiger partial charge in [-0.3, -0.25) is 4.79 Å². The van der Waals surface area contributed by atoms with E-state index in [1.165, 1.54) is 28.6 Å². The van der Waals surface area contributed by atoms with Crippen molar-refractivity contribution in [1.29, 1.82) is 0 Å². The van der Waals surface area contributed by atoms with E-state index < -0.39 is 15.8 Å². The van der Waals surface area contributed by atoms with Crippen molar-refractivity contribution in [3.63, 3.8) is 0 Å². The van der Waals surface area contributed by atoms with Crippen LogP contribution in [0.2, 0.25) is 0 Å². The number of benzene rings is 2. The molecule has 162 valence electrons. The van der Waals surface area contributed by atoms with Gasteiger partial charge in [-0.25, -0.2) is 17.1 Å². The number of rotatable bonds is 7. The largest absolute Gasteiger partial charge is 0.496 e. The van der Waals surface area contributed by atoms with Crippen LogP contribution >= 0.6 is 0 Å². The molecule has 0 unspecified atom stereocenters. The fraction of sp³-hybridized carbons (Fsp3) is 0.409. The Morgan fingerprint density at radius 3 is 2.43 bits per heavy atom. The van der Waals surface area contributed by atoms with Crippen molar-refractivity contribution >= 4 is 15.9 Å². The van der Waals surface area contributed by atoms with Gasteiger partial charge in [0.15, 0.2) is 0 Å². The van der Waals surface area contributed by atoms with Gasteiger partial charge in [-0.05, 0) is 43.5 Å². The van der Waals surface area contributed by atoms with Crippen molar-refractivity contribution in [2.75, 3.05) is 20.2 Å². The molecule has 2 aromatic carbocycles. The number of ether oxygens (including phenoxy) is 1. The minimum absolute atomic E-state index is 0.0796. The fourth-order valence-electron chi connectivity index (χ4n) is 3.71. The number of sulfonamides is 1. The highest BCUT2D eigenvalue weighted by molar-refractivity contribution is 7.88. The summed E-state index contributed by atoms with van der Waals surface area (Å²) in [5.74, 6) is -0.171. The second-order valence-electron chi connectivity index (χ2n) is 7.53. The number of halogens is 1. The molecule has 30 heavy (non-hydrogen) atoms. The maximum absolute atomic E-state index is 13.0. The van der Waals surface area contributed by atoms with E-state index in [0.717, 1.165) is 5.56 Å². The third-order valence-electron chi connectivity index (χ3n) is 5.44. The average Bonchev–Trinajstić information content (AvgIpc) is 2.75. The van der Waals surface area contributed by atoms with Gasteiger partial charge in [0.05, 0.1) is 18.9 Å². The lowest BCUT2D eigenvalue weighted by Crippen LogP contribution is -2.43. The third kappa shape index (κ3) is 5.37. The standard InChI is InChI=1S/C22H27FN2O4S/c1-16(20-5-3-4-6-21(20)29-2)24-22(26)18-11-13-25(14-12-18)30(27,28)15-17-7-9-19(23)10-8-17/h3-10,16,18H,11-15H2,1-2H3,(H,24,26)/t16-/m0/s1.